The van der Waals surface area contributed by atoms with Crippen molar-refractivity contribution >= 4 is 6.03 Å². The lowest BCUT2D eigenvalue weighted by atomic mass is 9.74. The van der Waals surface area contributed by atoms with E-state index in [-0.39, 0.29) is 24.2 Å². The lowest BCUT2D eigenvalue weighted by Gasteiger charge is -2.37. The summed E-state index contributed by atoms with van der Waals surface area (Å²) < 4.78 is 5.80. The predicted octanol–water partition coefficient (Wildman–Crippen LogP) is 3.47. The van der Waals surface area contributed by atoms with E-state index in [0.29, 0.717) is 12.5 Å². The summed E-state index contributed by atoms with van der Waals surface area (Å²) in [6.45, 7) is 2.81. The SMILES string of the molecule is Cc1ccccc1C1CC(NC(=O)N[C@@H]2CCO[C@H]2c2cccnc2)C1. The molecule has 0 radical (unpaired) electrons. The minimum atomic E-state index is -0.115. The van der Waals surface area contributed by atoms with Crippen LogP contribution >= 0.6 is 0 Å². The molecule has 2 amide bonds. The molecule has 2 fully saturated rings. The fourth-order valence-corrected chi connectivity index (χ4v) is 4.04. The van der Waals surface area contributed by atoms with Gasteiger partial charge in [-0.15, -0.1) is 0 Å². The molecule has 2 aliphatic rings. The maximum absolute atomic E-state index is 12.4. The summed E-state index contributed by atoms with van der Waals surface area (Å²) in [6, 6.07) is 12.6. The highest BCUT2D eigenvalue weighted by molar-refractivity contribution is 5.75. The molecular formula is C21H25N3O2. The zero-order valence-electron chi connectivity index (χ0n) is 15.0. The summed E-state index contributed by atoms with van der Waals surface area (Å²) >= 11 is 0. The molecule has 136 valence electrons. The average Bonchev–Trinajstić information content (AvgIpc) is 3.07. The number of aryl methyl sites for hydroxylation is 1. The first kappa shape index (κ1) is 17.0. The van der Waals surface area contributed by atoms with Gasteiger partial charge in [0.05, 0.1) is 6.04 Å². The highest BCUT2D eigenvalue weighted by Gasteiger charge is 2.34. The molecule has 1 aliphatic heterocycles. The number of carbonyl (C=O) groups is 1. The molecule has 4 rings (SSSR count). The van der Waals surface area contributed by atoms with Gasteiger partial charge >= 0.3 is 6.03 Å². The molecule has 0 bridgehead atoms. The van der Waals surface area contributed by atoms with Crippen LogP contribution in [0, 0.1) is 6.92 Å². The van der Waals surface area contributed by atoms with Crippen molar-refractivity contribution in [3.63, 3.8) is 0 Å². The highest BCUT2D eigenvalue weighted by atomic mass is 16.5. The van der Waals surface area contributed by atoms with Gasteiger partial charge in [-0.3, -0.25) is 4.98 Å². The lowest BCUT2D eigenvalue weighted by Crippen LogP contribution is -2.50. The van der Waals surface area contributed by atoms with E-state index in [0.717, 1.165) is 24.8 Å². The minimum absolute atomic E-state index is 0.00792. The van der Waals surface area contributed by atoms with Crippen molar-refractivity contribution in [3.05, 3.63) is 65.5 Å². The molecule has 5 nitrogen and oxygen atoms in total. The number of nitrogens with one attached hydrogen (secondary N) is 2. The molecule has 1 saturated heterocycles. The maximum Gasteiger partial charge on any atom is 0.315 e. The molecule has 1 saturated carbocycles. The minimum Gasteiger partial charge on any atom is -0.371 e. The summed E-state index contributed by atoms with van der Waals surface area (Å²) in [6.07, 6.45) is 6.27. The number of nitrogens with zero attached hydrogens (tertiary/aromatic N) is 1. The van der Waals surface area contributed by atoms with Crippen LogP contribution < -0.4 is 10.6 Å². The number of carbonyl (C=O) groups excluding carboxylic acids is 1. The smallest absolute Gasteiger partial charge is 0.315 e. The first-order valence-electron chi connectivity index (χ1n) is 9.35. The Balaban J connectivity index is 1.28. The van der Waals surface area contributed by atoms with Gasteiger partial charge in [-0.1, -0.05) is 30.3 Å². The third kappa shape index (κ3) is 3.58. The summed E-state index contributed by atoms with van der Waals surface area (Å²) in [5.74, 6) is 0.555. The van der Waals surface area contributed by atoms with Crippen LogP contribution in [0.5, 0.6) is 0 Å². The largest absolute Gasteiger partial charge is 0.371 e. The zero-order chi connectivity index (χ0) is 17.9. The van der Waals surface area contributed by atoms with Crippen molar-refractivity contribution in [2.24, 2.45) is 0 Å². The van der Waals surface area contributed by atoms with Crippen LogP contribution in [0.3, 0.4) is 0 Å². The van der Waals surface area contributed by atoms with Gasteiger partial charge in [0.2, 0.25) is 0 Å². The monoisotopic (exact) mass is 351 g/mol. The fraction of sp³-hybridized carbons (Fsp3) is 0.429. The number of ether oxygens (including phenoxy) is 1. The molecule has 2 heterocycles. The van der Waals surface area contributed by atoms with Crippen LogP contribution in [-0.2, 0) is 4.74 Å². The van der Waals surface area contributed by atoms with Crippen molar-refractivity contribution in [1.82, 2.24) is 15.6 Å². The fourth-order valence-electron chi connectivity index (χ4n) is 4.04. The van der Waals surface area contributed by atoms with Gasteiger partial charge < -0.3 is 15.4 Å². The first-order chi connectivity index (χ1) is 12.7. The van der Waals surface area contributed by atoms with E-state index in [1.165, 1.54) is 11.1 Å². The molecule has 1 aliphatic carbocycles. The van der Waals surface area contributed by atoms with E-state index >= 15 is 0 Å². The van der Waals surface area contributed by atoms with E-state index in [1.54, 1.807) is 12.4 Å². The van der Waals surface area contributed by atoms with Gasteiger partial charge in [0, 0.05) is 30.6 Å². The van der Waals surface area contributed by atoms with Crippen LogP contribution in [0.25, 0.3) is 0 Å². The molecule has 2 atom stereocenters. The normalized spacial score (nSPS) is 27.6. The third-order valence-electron chi connectivity index (χ3n) is 5.52. The zero-order valence-corrected chi connectivity index (χ0v) is 15.0. The quantitative estimate of drug-likeness (QED) is 0.887. The summed E-state index contributed by atoms with van der Waals surface area (Å²) in [5, 5.41) is 6.20. The van der Waals surface area contributed by atoms with Crippen molar-refractivity contribution in [2.75, 3.05) is 6.61 Å². The van der Waals surface area contributed by atoms with E-state index in [4.69, 9.17) is 4.74 Å². The predicted molar refractivity (Wildman–Crippen MR) is 99.9 cm³/mol. The average molecular weight is 351 g/mol. The molecule has 1 aromatic carbocycles. The molecule has 1 aromatic heterocycles. The van der Waals surface area contributed by atoms with Crippen LogP contribution in [-0.4, -0.2) is 29.7 Å². The van der Waals surface area contributed by atoms with E-state index in [1.807, 2.05) is 12.1 Å². The van der Waals surface area contributed by atoms with Gasteiger partial charge in [0.1, 0.15) is 6.10 Å². The lowest BCUT2D eigenvalue weighted by molar-refractivity contribution is 0.0993. The second-order valence-corrected chi connectivity index (χ2v) is 7.31. The number of benzene rings is 1. The summed E-state index contributed by atoms with van der Waals surface area (Å²) in [7, 11) is 0. The van der Waals surface area contributed by atoms with Crippen LogP contribution in [0.1, 0.15) is 48.0 Å². The van der Waals surface area contributed by atoms with E-state index in [2.05, 4.69) is 46.8 Å². The van der Waals surface area contributed by atoms with Gasteiger partial charge in [-0.2, -0.15) is 0 Å². The topological polar surface area (TPSA) is 63.2 Å². The second-order valence-electron chi connectivity index (χ2n) is 7.31. The van der Waals surface area contributed by atoms with Gasteiger partial charge in [0.15, 0.2) is 0 Å². The van der Waals surface area contributed by atoms with Crippen LogP contribution in [0.4, 0.5) is 4.79 Å². The van der Waals surface area contributed by atoms with Crippen molar-refractivity contribution in [1.29, 1.82) is 0 Å². The Morgan fingerprint density at radius 3 is 2.77 bits per heavy atom. The number of hydrogen-bond acceptors (Lipinski definition) is 3. The number of aromatic nitrogens is 1. The first-order valence-corrected chi connectivity index (χ1v) is 9.35. The number of hydrogen-bond donors (Lipinski definition) is 2. The van der Waals surface area contributed by atoms with Gasteiger partial charge in [0.25, 0.3) is 0 Å². The van der Waals surface area contributed by atoms with Gasteiger partial charge in [-0.25, -0.2) is 4.79 Å². The Morgan fingerprint density at radius 2 is 2.00 bits per heavy atom. The second kappa shape index (κ2) is 7.46. The third-order valence-corrected chi connectivity index (χ3v) is 5.52. The molecule has 5 heteroatoms. The molecule has 0 unspecified atom stereocenters. The molecule has 2 N–H and O–H groups in total. The van der Waals surface area contributed by atoms with Gasteiger partial charge in [-0.05, 0) is 49.3 Å². The standard InChI is InChI=1S/C21H25N3O2/c1-14-5-2-3-7-18(14)16-11-17(12-16)23-21(25)24-19-8-10-26-20(19)15-6-4-9-22-13-15/h2-7,9,13,16-17,19-20H,8,10-12H2,1H3,(H2,23,24,25)/t16?,17?,19-,20+/m1/s1. The molecule has 0 spiro atoms. The Labute approximate surface area is 154 Å². The van der Waals surface area contributed by atoms with Crippen molar-refractivity contribution < 1.29 is 9.53 Å². The summed E-state index contributed by atoms with van der Waals surface area (Å²) in [4.78, 5) is 16.5. The number of rotatable bonds is 4. The van der Waals surface area contributed by atoms with Crippen molar-refractivity contribution in [2.45, 2.75) is 50.3 Å². The Hall–Kier alpha value is -2.40. The Kier molecular flexibility index (Phi) is 4.89. The number of urea groups is 1. The highest BCUT2D eigenvalue weighted by Crippen LogP contribution is 2.38. The van der Waals surface area contributed by atoms with E-state index < -0.39 is 0 Å². The molecule has 26 heavy (non-hydrogen) atoms. The number of pyridine rings is 1. The van der Waals surface area contributed by atoms with Crippen LogP contribution in [0.15, 0.2) is 48.8 Å². The maximum atomic E-state index is 12.4. The molecule has 2 aromatic rings. The Morgan fingerprint density at radius 1 is 1.15 bits per heavy atom. The van der Waals surface area contributed by atoms with Crippen molar-refractivity contribution in [3.8, 4) is 0 Å². The van der Waals surface area contributed by atoms with E-state index in [9.17, 15) is 4.79 Å². The Bertz CT molecular complexity index is 759. The van der Waals surface area contributed by atoms with Crippen LogP contribution in [0.2, 0.25) is 0 Å². The number of amides is 2. The molecular weight excluding hydrogens is 326 g/mol. The summed E-state index contributed by atoms with van der Waals surface area (Å²) in [5.41, 5.74) is 3.76.